The summed E-state index contributed by atoms with van der Waals surface area (Å²) in [7, 11) is 0. The molecule has 6 nitrogen and oxygen atoms in total. The van der Waals surface area contributed by atoms with Gasteiger partial charge in [-0.3, -0.25) is 0 Å². The minimum Gasteiger partial charge on any atom is -0.493 e. The zero-order valence-electron chi connectivity index (χ0n) is 15.4. The monoisotopic (exact) mass is 377 g/mol. The number of halogens is 1. The molecule has 0 bridgehead atoms. The van der Waals surface area contributed by atoms with Gasteiger partial charge in [0.15, 0.2) is 11.6 Å². The highest BCUT2D eigenvalue weighted by atomic mass is 19.1. The van der Waals surface area contributed by atoms with Crippen LogP contribution in [0.3, 0.4) is 0 Å². The summed E-state index contributed by atoms with van der Waals surface area (Å²) >= 11 is 0. The van der Waals surface area contributed by atoms with E-state index < -0.39 is 0 Å². The smallest absolute Gasteiger partial charge is 0.197 e. The molecule has 1 saturated carbocycles. The number of rotatable bonds is 5. The van der Waals surface area contributed by atoms with Gasteiger partial charge in [-0.1, -0.05) is 0 Å². The topological polar surface area (TPSA) is 64.0 Å². The Hall–Kier alpha value is -3.09. The highest BCUT2D eigenvalue weighted by molar-refractivity contribution is 5.51. The number of hydrogen-bond donors (Lipinski definition) is 0. The van der Waals surface area contributed by atoms with Gasteiger partial charge in [0.25, 0.3) is 0 Å². The largest absolute Gasteiger partial charge is 0.493 e. The van der Waals surface area contributed by atoms with Crippen molar-refractivity contribution in [1.29, 1.82) is 0 Å². The Labute approximate surface area is 162 Å². The van der Waals surface area contributed by atoms with Crippen LogP contribution in [0.15, 0.2) is 43.0 Å². The second kappa shape index (κ2) is 7.14. The summed E-state index contributed by atoms with van der Waals surface area (Å²) in [6.07, 6.45) is 9.95. The lowest BCUT2D eigenvalue weighted by atomic mass is 9.98. The summed E-state index contributed by atoms with van der Waals surface area (Å²) in [5.74, 6) is 2.08. The molecule has 0 radical (unpaired) electrons. The summed E-state index contributed by atoms with van der Waals surface area (Å²) in [6, 6.07) is 5.25. The lowest BCUT2D eigenvalue weighted by molar-refractivity contribution is 0.297. The SMILES string of the molecule is Fc1cc(OCC2CC2)cc2c1CCN(c1cnc(-c3ncccn3)nc1)C2. The third-order valence-electron chi connectivity index (χ3n) is 5.21. The van der Waals surface area contributed by atoms with Gasteiger partial charge in [0, 0.05) is 31.5 Å². The van der Waals surface area contributed by atoms with E-state index in [0.717, 1.165) is 23.4 Å². The molecule has 3 aromatic rings. The van der Waals surface area contributed by atoms with Crippen LogP contribution >= 0.6 is 0 Å². The summed E-state index contributed by atoms with van der Waals surface area (Å²) in [4.78, 5) is 19.3. The van der Waals surface area contributed by atoms with Gasteiger partial charge >= 0.3 is 0 Å². The van der Waals surface area contributed by atoms with Crippen molar-refractivity contribution in [3.05, 3.63) is 59.9 Å². The van der Waals surface area contributed by atoms with E-state index in [9.17, 15) is 4.39 Å². The van der Waals surface area contributed by atoms with Crippen molar-refractivity contribution < 1.29 is 9.13 Å². The molecule has 1 aliphatic carbocycles. The summed E-state index contributed by atoms with van der Waals surface area (Å²) in [5.41, 5.74) is 2.65. The van der Waals surface area contributed by atoms with E-state index in [2.05, 4.69) is 24.8 Å². The van der Waals surface area contributed by atoms with E-state index in [4.69, 9.17) is 4.74 Å². The van der Waals surface area contributed by atoms with Crippen LogP contribution in [-0.2, 0) is 13.0 Å². The first-order valence-corrected chi connectivity index (χ1v) is 9.55. The van der Waals surface area contributed by atoms with E-state index in [1.165, 1.54) is 18.9 Å². The molecule has 0 amide bonds. The Morgan fingerprint density at radius 3 is 2.54 bits per heavy atom. The summed E-state index contributed by atoms with van der Waals surface area (Å²) < 4.78 is 20.3. The Bertz CT molecular complexity index is 976. The van der Waals surface area contributed by atoms with Crippen LogP contribution in [-0.4, -0.2) is 33.1 Å². The van der Waals surface area contributed by atoms with Crippen molar-refractivity contribution >= 4 is 5.69 Å². The van der Waals surface area contributed by atoms with Gasteiger partial charge in [0.1, 0.15) is 11.6 Å². The van der Waals surface area contributed by atoms with E-state index in [-0.39, 0.29) is 5.82 Å². The maximum absolute atomic E-state index is 14.5. The third-order valence-corrected chi connectivity index (χ3v) is 5.21. The minimum absolute atomic E-state index is 0.171. The first-order chi connectivity index (χ1) is 13.8. The van der Waals surface area contributed by atoms with Crippen LogP contribution in [0.2, 0.25) is 0 Å². The third kappa shape index (κ3) is 3.52. The zero-order valence-corrected chi connectivity index (χ0v) is 15.4. The Morgan fingerprint density at radius 1 is 1.04 bits per heavy atom. The molecule has 0 atom stereocenters. The van der Waals surface area contributed by atoms with Crippen molar-refractivity contribution in [3.8, 4) is 17.4 Å². The maximum atomic E-state index is 14.5. The molecule has 28 heavy (non-hydrogen) atoms. The fourth-order valence-electron chi connectivity index (χ4n) is 3.44. The van der Waals surface area contributed by atoms with Gasteiger partial charge in [0.2, 0.25) is 0 Å². The van der Waals surface area contributed by atoms with Gasteiger partial charge in [-0.15, -0.1) is 0 Å². The number of benzene rings is 1. The summed E-state index contributed by atoms with van der Waals surface area (Å²) in [6.45, 7) is 2.01. The lowest BCUT2D eigenvalue weighted by Gasteiger charge is -2.30. The highest BCUT2D eigenvalue weighted by Gasteiger charge is 2.24. The van der Waals surface area contributed by atoms with Crippen molar-refractivity contribution in [2.75, 3.05) is 18.1 Å². The van der Waals surface area contributed by atoms with Crippen molar-refractivity contribution in [2.45, 2.75) is 25.8 Å². The van der Waals surface area contributed by atoms with Crippen LogP contribution in [0, 0.1) is 11.7 Å². The van der Waals surface area contributed by atoms with Crippen LogP contribution in [0.5, 0.6) is 5.75 Å². The van der Waals surface area contributed by atoms with E-state index in [0.29, 0.717) is 42.9 Å². The molecule has 3 heterocycles. The Kier molecular flexibility index (Phi) is 4.35. The zero-order chi connectivity index (χ0) is 18.9. The minimum atomic E-state index is -0.171. The van der Waals surface area contributed by atoms with E-state index >= 15 is 0 Å². The number of aromatic nitrogens is 4. The normalized spacial score (nSPS) is 16.0. The first kappa shape index (κ1) is 17.0. The molecule has 5 rings (SSSR count). The number of anilines is 1. The summed E-state index contributed by atoms with van der Waals surface area (Å²) in [5, 5.41) is 0. The second-order valence-corrected chi connectivity index (χ2v) is 7.31. The average molecular weight is 377 g/mol. The molecule has 0 N–H and O–H groups in total. The molecule has 7 heteroatoms. The van der Waals surface area contributed by atoms with Crippen LogP contribution in [0.25, 0.3) is 11.6 Å². The average Bonchev–Trinajstić information content (AvgIpc) is 3.57. The molecule has 0 spiro atoms. The molecule has 2 aromatic heterocycles. The van der Waals surface area contributed by atoms with Gasteiger partial charge in [-0.05, 0) is 48.4 Å². The Morgan fingerprint density at radius 2 is 1.79 bits per heavy atom. The maximum Gasteiger partial charge on any atom is 0.197 e. The molecule has 0 saturated heterocycles. The first-order valence-electron chi connectivity index (χ1n) is 9.55. The molecule has 2 aliphatic rings. The van der Waals surface area contributed by atoms with Crippen LogP contribution in [0.1, 0.15) is 24.0 Å². The van der Waals surface area contributed by atoms with Gasteiger partial charge in [-0.25, -0.2) is 24.3 Å². The molecule has 0 unspecified atom stereocenters. The number of ether oxygens (including phenoxy) is 1. The van der Waals surface area contributed by atoms with Crippen molar-refractivity contribution in [2.24, 2.45) is 5.92 Å². The Balaban J connectivity index is 1.34. The van der Waals surface area contributed by atoms with Crippen LogP contribution < -0.4 is 9.64 Å². The molecular formula is C21H20FN5O. The molecule has 1 aromatic carbocycles. The van der Waals surface area contributed by atoms with Gasteiger partial charge < -0.3 is 9.64 Å². The predicted octanol–water partition coefficient (Wildman–Crippen LogP) is 3.42. The highest BCUT2D eigenvalue weighted by Crippen LogP contribution is 2.32. The molecular weight excluding hydrogens is 357 g/mol. The standard InChI is InChI=1S/C21H20FN5O/c22-19-9-17(28-13-14-2-3-14)8-15-12-27(7-4-18(15)19)16-10-25-21(26-11-16)20-23-5-1-6-24-20/h1,5-6,8-11,14H,2-4,7,12-13H2. The van der Waals surface area contributed by atoms with Crippen molar-refractivity contribution in [1.82, 2.24) is 19.9 Å². The number of hydrogen-bond acceptors (Lipinski definition) is 6. The van der Waals surface area contributed by atoms with Crippen molar-refractivity contribution in [3.63, 3.8) is 0 Å². The van der Waals surface area contributed by atoms with Gasteiger partial charge in [0.05, 0.1) is 24.7 Å². The van der Waals surface area contributed by atoms with E-state index in [1.54, 1.807) is 30.9 Å². The fraction of sp³-hybridized carbons (Fsp3) is 0.333. The quantitative estimate of drug-likeness (QED) is 0.679. The van der Waals surface area contributed by atoms with Crippen LogP contribution in [0.4, 0.5) is 10.1 Å². The lowest BCUT2D eigenvalue weighted by Crippen LogP contribution is -2.31. The molecule has 1 fully saturated rings. The fourth-order valence-corrected chi connectivity index (χ4v) is 3.44. The predicted molar refractivity (Wildman–Crippen MR) is 102 cm³/mol. The molecule has 142 valence electrons. The second-order valence-electron chi connectivity index (χ2n) is 7.31. The number of fused-ring (bicyclic) bond motifs is 1. The number of nitrogens with zero attached hydrogens (tertiary/aromatic N) is 5. The molecule has 1 aliphatic heterocycles. The van der Waals surface area contributed by atoms with Gasteiger partial charge in [-0.2, -0.15) is 0 Å². The van der Waals surface area contributed by atoms with E-state index in [1.807, 2.05) is 6.07 Å².